The molecule has 2 atom stereocenters. The molecule has 1 rings (SSSR count). The molecule has 94 valence electrons. The Morgan fingerprint density at radius 2 is 1.88 bits per heavy atom. The van der Waals surface area contributed by atoms with Crippen LogP contribution in [0.25, 0.3) is 0 Å². The van der Waals surface area contributed by atoms with Crippen LogP contribution in [0.3, 0.4) is 0 Å². The predicted octanol–water partition coefficient (Wildman–Crippen LogP) is 3.94. The maximum absolute atomic E-state index is 11.2. The predicted molar refractivity (Wildman–Crippen MR) is 66.2 cm³/mol. The summed E-state index contributed by atoms with van der Waals surface area (Å²) >= 11 is 0. The molecule has 0 spiro atoms. The zero-order valence-corrected chi connectivity index (χ0v) is 10.8. The van der Waals surface area contributed by atoms with Crippen LogP contribution in [-0.2, 0) is 9.53 Å². The summed E-state index contributed by atoms with van der Waals surface area (Å²) in [6, 6.07) is 0. The maximum Gasteiger partial charge on any atom is 0.306 e. The molecular weight excluding hydrogens is 200 g/mol. The van der Waals surface area contributed by atoms with E-state index in [1.807, 2.05) is 6.92 Å². The molecule has 16 heavy (non-hydrogen) atoms. The number of rotatable bonds is 9. The number of esters is 1. The second-order valence-corrected chi connectivity index (χ2v) is 4.97. The number of hydrogen-bond donors (Lipinski definition) is 0. The van der Waals surface area contributed by atoms with Crippen molar-refractivity contribution in [2.45, 2.75) is 65.2 Å². The van der Waals surface area contributed by atoms with E-state index in [0.717, 1.165) is 5.92 Å². The van der Waals surface area contributed by atoms with E-state index in [9.17, 15) is 4.79 Å². The number of hydrogen-bond acceptors (Lipinski definition) is 2. The van der Waals surface area contributed by atoms with Crippen molar-refractivity contribution >= 4 is 5.97 Å². The van der Waals surface area contributed by atoms with E-state index in [-0.39, 0.29) is 5.97 Å². The van der Waals surface area contributed by atoms with Crippen molar-refractivity contribution < 1.29 is 9.53 Å². The van der Waals surface area contributed by atoms with Gasteiger partial charge in [-0.05, 0) is 25.2 Å². The first-order chi connectivity index (χ1) is 7.77. The molecular formula is C14H26O2. The summed E-state index contributed by atoms with van der Waals surface area (Å²) in [6.45, 7) is 4.64. The normalized spacial score (nSPS) is 23.1. The van der Waals surface area contributed by atoms with Crippen LogP contribution >= 0.6 is 0 Å². The summed E-state index contributed by atoms with van der Waals surface area (Å²) in [5.41, 5.74) is 0. The van der Waals surface area contributed by atoms with Crippen molar-refractivity contribution in [3.63, 3.8) is 0 Å². The Morgan fingerprint density at radius 3 is 2.56 bits per heavy atom. The van der Waals surface area contributed by atoms with Crippen LogP contribution in [0.5, 0.6) is 0 Å². The van der Waals surface area contributed by atoms with Crippen molar-refractivity contribution in [1.29, 1.82) is 0 Å². The molecule has 0 radical (unpaired) electrons. The highest BCUT2D eigenvalue weighted by molar-refractivity contribution is 5.70. The van der Waals surface area contributed by atoms with Gasteiger partial charge in [0.1, 0.15) is 0 Å². The minimum atomic E-state index is 0.000910. The van der Waals surface area contributed by atoms with Gasteiger partial charge in [-0.2, -0.15) is 0 Å². The number of carbonyl (C=O) groups excluding carboxylic acids is 1. The van der Waals surface area contributed by atoms with E-state index < -0.39 is 0 Å². The van der Waals surface area contributed by atoms with Crippen molar-refractivity contribution in [3.8, 4) is 0 Å². The summed E-state index contributed by atoms with van der Waals surface area (Å²) < 4.78 is 4.96. The summed E-state index contributed by atoms with van der Waals surface area (Å²) in [7, 11) is 0. The monoisotopic (exact) mass is 226 g/mol. The van der Waals surface area contributed by atoms with Gasteiger partial charge in [0.05, 0.1) is 6.61 Å². The van der Waals surface area contributed by atoms with Gasteiger partial charge in [-0.1, -0.05) is 45.4 Å². The fraction of sp³-hybridized carbons (Fsp3) is 0.929. The highest BCUT2D eigenvalue weighted by Crippen LogP contribution is 2.44. The van der Waals surface area contributed by atoms with Crippen LogP contribution in [-0.4, -0.2) is 12.6 Å². The Labute approximate surface area is 99.8 Å². The first kappa shape index (κ1) is 13.5. The van der Waals surface area contributed by atoms with Crippen LogP contribution < -0.4 is 0 Å². The Bertz CT molecular complexity index is 201. The molecule has 0 bridgehead atoms. The third-order valence-corrected chi connectivity index (χ3v) is 3.48. The lowest BCUT2D eigenvalue weighted by Crippen LogP contribution is -2.05. The van der Waals surface area contributed by atoms with E-state index in [2.05, 4.69) is 6.92 Å². The zero-order chi connectivity index (χ0) is 11.8. The molecule has 2 heteroatoms. The maximum atomic E-state index is 11.2. The molecule has 0 aliphatic heterocycles. The third-order valence-electron chi connectivity index (χ3n) is 3.48. The van der Waals surface area contributed by atoms with Gasteiger partial charge in [-0.25, -0.2) is 0 Å². The van der Waals surface area contributed by atoms with E-state index in [0.29, 0.717) is 18.9 Å². The number of carbonyl (C=O) groups is 1. The van der Waals surface area contributed by atoms with Crippen LogP contribution in [0.4, 0.5) is 0 Å². The minimum Gasteiger partial charge on any atom is -0.466 e. The molecule has 0 saturated heterocycles. The Balaban J connectivity index is 1.92. The van der Waals surface area contributed by atoms with Gasteiger partial charge in [0.15, 0.2) is 0 Å². The quantitative estimate of drug-likeness (QED) is 0.440. The lowest BCUT2D eigenvalue weighted by Gasteiger charge is -2.01. The minimum absolute atomic E-state index is 0.000910. The lowest BCUT2D eigenvalue weighted by atomic mass is 10.1. The first-order valence-electron chi connectivity index (χ1n) is 6.93. The molecule has 0 aromatic rings. The molecule has 0 amide bonds. The van der Waals surface area contributed by atoms with Gasteiger partial charge in [0.2, 0.25) is 0 Å². The summed E-state index contributed by atoms with van der Waals surface area (Å²) in [5, 5.41) is 0. The summed E-state index contributed by atoms with van der Waals surface area (Å²) in [6.07, 6.45) is 10.0. The second kappa shape index (κ2) is 7.70. The van der Waals surface area contributed by atoms with Crippen molar-refractivity contribution in [2.24, 2.45) is 11.8 Å². The van der Waals surface area contributed by atoms with Crippen molar-refractivity contribution in [3.05, 3.63) is 0 Å². The largest absolute Gasteiger partial charge is 0.466 e. The van der Waals surface area contributed by atoms with Gasteiger partial charge >= 0.3 is 5.97 Å². The number of ether oxygens (including phenoxy) is 1. The number of unbranched alkanes of at least 4 members (excludes halogenated alkanes) is 4. The molecule has 1 aliphatic rings. The lowest BCUT2D eigenvalue weighted by molar-refractivity contribution is -0.143. The zero-order valence-electron chi connectivity index (χ0n) is 10.8. The highest BCUT2D eigenvalue weighted by atomic mass is 16.5. The Hall–Kier alpha value is -0.530. The Morgan fingerprint density at radius 1 is 1.12 bits per heavy atom. The first-order valence-corrected chi connectivity index (χ1v) is 6.93. The Kier molecular flexibility index (Phi) is 6.51. The molecule has 0 heterocycles. The van der Waals surface area contributed by atoms with Gasteiger partial charge < -0.3 is 4.74 Å². The average molecular weight is 226 g/mol. The molecule has 2 nitrogen and oxygen atoms in total. The van der Waals surface area contributed by atoms with E-state index in [4.69, 9.17) is 4.74 Å². The fourth-order valence-electron chi connectivity index (χ4n) is 2.36. The molecule has 0 aromatic carbocycles. The van der Waals surface area contributed by atoms with E-state index in [1.54, 1.807) is 0 Å². The van der Waals surface area contributed by atoms with E-state index in [1.165, 1.54) is 44.9 Å². The molecule has 0 aromatic heterocycles. The van der Waals surface area contributed by atoms with Gasteiger partial charge in [0.25, 0.3) is 0 Å². The molecule has 0 N–H and O–H groups in total. The smallest absolute Gasteiger partial charge is 0.306 e. The molecule has 1 fully saturated rings. The third kappa shape index (κ3) is 5.53. The van der Waals surface area contributed by atoms with Crippen LogP contribution in [0.1, 0.15) is 65.2 Å². The average Bonchev–Trinajstić information content (AvgIpc) is 2.96. The molecule has 0 unspecified atom stereocenters. The van der Waals surface area contributed by atoms with Crippen molar-refractivity contribution in [1.82, 2.24) is 0 Å². The van der Waals surface area contributed by atoms with Crippen LogP contribution in [0.2, 0.25) is 0 Å². The van der Waals surface area contributed by atoms with Crippen LogP contribution in [0, 0.1) is 11.8 Å². The molecule has 1 saturated carbocycles. The van der Waals surface area contributed by atoms with E-state index >= 15 is 0 Å². The van der Waals surface area contributed by atoms with Gasteiger partial charge in [-0.3, -0.25) is 4.79 Å². The standard InChI is InChI=1S/C14H26O2/c1-3-5-6-7-8-9-12-10-13(12)11-14(15)16-4-2/h12-13H,3-11H2,1-2H3/t12-,13+/m1/s1. The topological polar surface area (TPSA) is 26.3 Å². The second-order valence-electron chi connectivity index (χ2n) is 4.97. The summed E-state index contributed by atoms with van der Waals surface area (Å²) in [4.78, 5) is 11.2. The van der Waals surface area contributed by atoms with Crippen LogP contribution in [0.15, 0.2) is 0 Å². The summed E-state index contributed by atoms with van der Waals surface area (Å²) in [5.74, 6) is 1.47. The molecule has 1 aliphatic carbocycles. The van der Waals surface area contributed by atoms with Crippen molar-refractivity contribution in [2.75, 3.05) is 6.61 Å². The highest BCUT2D eigenvalue weighted by Gasteiger charge is 2.37. The SMILES string of the molecule is CCCCCCC[C@@H]1C[C@H]1CC(=O)OCC. The fourth-order valence-corrected chi connectivity index (χ4v) is 2.36. The van der Waals surface area contributed by atoms with Gasteiger partial charge in [0, 0.05) is 6.42 Å². The van der Waals surface area contributed by atoms with Gasteiger partial charge in [-0.15, -0.1) is 0 Å².